The van der Waals surface area contributed by atoms with E-state index < -0.39 is 24.3 Å². The maximum absolute atomic E-state index is 13.2. The quantitative estimate of drug-likeness (QED) is 0.485. The fourth-order valence-electron chi connectivity index (χ4n) is 3.31. The molecular weight excluding hydrogens is 437 g/mol. The van der Waals surface area contributed by atoms with Crippen molar-refractivity contribution in [3.05, 3.63) is 71.8 Å². The lowest BCUT2D eigenvalue weighted by atomic mass is 9.94. The standard InChI is InChI=1S/C22H14F5NO4/c1-12-4-2-7-16(19(12)13-5-3-6-15(10-13)30-21(23,24)25)20(29)28-14-8-9-17-18(11-14)32-22(26,27)31-17/h2-11H,1H3,(H,28,29). The lowest BCUT2D eigenvalue weighted by molar-refractivity contribution is -0.286. The molecule has 0 aliphatic carbocycles. The maximum atomic E-state index is 13.2. The minimum Gasteiger partial charge on any atom is -0.406 e. The first kappa shape index (κ1) is 21.4. The minimum absolute atomic E-state index is 0.164. The number of benzene rings is 3. The average Bonchev–Trinajstić information content (AvgIpc) is 2.99. The van der Waals surface area contributed by atoms with Crippen LogP contribution in [-0.2, 0) is 0 Å². The van der Waals surface area contributed by atoms with E-state index in [1.54, 1.807) is 25.1 Å². The second-order valence-corrected chi connectivity index (χ2v) is 6.86. The first-order chi connectivity index (χ1) is 15.0. The predicted molar refractivity (Wildman–Crippen MR) is 104 cm³/mol. The van der Waals surface area contributed by atoms with Crippen molar-refractivity contribution in [1.82, 2.24) is 0 Å². The fraction of sp³-hybridized carbons (Fsp3) is 0.136. The van der Waals surface area contributed by atoms with E-state index in [0.717, 1.165) is 6.07 Å². The van der Waals surface area contributed by atoms with Crippen molar-refractivity contribution in [1.29, 1.82) is 0 Å². The smallest absolute Gasteiger partial charge is 0.406 e. The minimum atomic E-state index is -4.86. The molecule has 0 unspecified atom stereocenters. The van der Waals surface area contributed by atoms with Crippen LogP contribution in [0.5, 0.6) is 17.2 Å². The van der Waals surface area contributed by atoms with Gasteiger partial charge in [0.15, 0.2) is 11.5 Å². The van der Waals surface area contributed by atoms with Gasteiger partial charge in [-0.1, -0.05) is 24.3 Å². The summed E-state index contributed by atoms with van der Waals surface area (Å²) in [6.07, 6.45) is -8.65. The summed E-state index contributed by atoms with van der Waals surface area (Å²) in [5, 5.41) is 2.57. The summed E-state index contributed by atoms with van der Waals surface area (Å²) in [5.74, 6) is -1.45. The van der Waals surface area contributed by atoms with Crippen molar-refractivity contribution in [2.24, 2.45) is 0 Å². The molecule has 0 spiro atoms. The van der Waals surface area contributed by atoms with Crippen LogP contribution < -0.4 is 19.5 Å². The van der Waals surface area contributed by atoms with E-state index in [-0.39, 0.29) is 22.7 Å². The predicted octanol–water partition coefficient (Wildman–Crippen LogP) is 6.13. The Morgan fingerprint density at radius 1 is 0.969 bits per heavy atom. The Hall–Kier alpha value is -3.82. The van der Waals surface area contributed by atoms with E-state index in [0.29, 0.717) is 16.7 Å². The van der Waals surface area contributed by atoms with Gasteiger partial charge >= 0.3 is 12.7 Å². The van der Waals surface area contributed by atoms with Crippen LogP contribution in [0.15, 0.2) is 60.7 Å². The first-order valence-corrected chi connectivity index (χ1v) is 9.18. The summed E-state index contributed by atoms with van der Waals surface area (Å²) in [6, 6.07) is 13.8. The summed E-state index contributed by atoms with van der Waals surface area (Å²) < 4.78 is 76.9. The van der Waals surface area contributed by atoms with Gasteiger partial charge < -0.3 is 19.5 Å². The van der Waals surface area contributed by atoms with Gasteiger partial charge in [0.1, 0.15) is 5.75 Å². The van der Waals surface area contributed by atoms with Crippen LogP contribution in [0.25, 0.3) is 11.1 Å². The zero-order chi connectivity index (χ0) is 23.1. The third-order valence-electron chi connectivity index (χ3n) is 4.53. The average molecular weight is 451 g/mol. The number of halogens is 5. The molecule has 1 amide bonds. The van der Waals surface area contributed by atoms with E-state index in [1.165, 1.54) is 36.4 Å². The molecular formula is C22H14F5NO4. The molecule has 1 N–H and O–H groups in total. The molecule has 4 rings (SSSR count). The van der Waals surface area contributed by atoms with Crippen molar-refractivity contribution in [3.8, 4) is 28.4 Å². The van der Waals surface area contributed by atoms with Gasteiger partial charge in [-0.25, -0.2) is 0 Å². The number of carbonyl (C=O) groups excluding carboxylic acids is 1. The highest BCUT2D eigenvalue weighted by Crippen LogP contribution is 2.42. The molecule has 166 valence electrons. The van der Waals surface area contributed by atoms with Crippen molar-refractivity contribution >= 4 is 11.6 Å². The van der Waals surface area contributed by atoms with Crippen LogP contribution in [0.3, 0.4) is 0 Å². The van der Waals surface area contributed by atoms with Crippen LogP contribution >= 0.6 is 0 Å². The maximum Gasteiger partial charge on any atom is 0.586 e. The number of ether oxygens (including phenoxy) is 3. The number of carbonyl (C=O) groups is 1. The Kier molecular flexibility index (Phi) is 5.15. The van der Waals surface area contributed by atoms with Gasteiger partial charge in [-0.2, -0.15) is 0 Å². The summed E-state index contributed by atoms with van der Waals surface area (Å²) >= 11 is 0. The van der Waals surface area contributed by atoms with Crippen molar-refractivity contribution < 1.29 is 41.0 Å². The molecule has 32 heavy (non-hydrogen) atoms. The Morgan fingerprint density at radius 3 is 2.44 bits per heavy atom. The summed E-state index contributed by atoms with van der Waals surface area (Å²) in [5.41, 5.74) is 1.69. The lowest BCUT2D eigenvalue weighted by Gasteiger charge is -2.15. The first-order valence-electron chi connectivity index (χ1n) is 9.18. The number of aryl methyl sites for hydroxylation is 1. The van der Waals surface area contributed by atoms with E-state index in [9.17, 15) is 26.7 Å². The van der Waals surface area contributed by atoms with Crippen molar-refractivity contribution in [3.63, 3.8) is 0 Å². The third-order valence-corrected chi connectivity index (χ3v) is 4.53. The SMILES string of the molecule is Cc1cccc(C(=O)Nc2ccc3c(c2)OC(F)(F)O3)c1-c1cccc(OC(F)(F)F)c1. The molecule has 0 atom stereocenters. The Morgan fingerprint density at radius 2 is 1.69 bits per heavy atom. The molecule has 0 aromatic heterocycles. The van der Waals surface area contributed by atoms with Gasteiger partial charge in [0.05, 0.1) is 0 Å². The van der Waals surface area contributed by atoms with Gasteiger partial charge in [-0.05, 0) is 53.9 Å². The lowest BCUT2D eigenvalue weighted by Crippen LogP contribution is -2.25. The van der Waals surface area contributed by atoms with Gasteiger partial charge in [0, 0.05) is 17.3 Å². The molecule has 3 aromatic carbocycles. The van der Waals surface area contributed by atoms with E-state index in [2.05, 4.69) is 19.5 Å². The van der Waals surface area contributed by atoms with Gasteiger partial charge in [-0.3, -0.25) is 4.79 Å². The van der Waals surface area contributed by atoms with E-state index in [1.807, 2.05) is 0 Å². The molecule has 3 aromatic rings. The van der Waals surface area contributed by atoms with Gasteiger partial charge in [-0.15, -0.1) is 22.0 Å². The molecule has 0 saturated carbocycles. The molecule has 1 aliphatic rings. The molecule has 0 radical (unpaired) electrons. The highest BCUT2D eigenvalue weighted by molar-refractivity contribution is 6.09. The van der Waals surface area contributed by atoms with Gasteiger partial charge in [0.2, 0.25) is 0 Å². The monoisotopic (exact) mass is 451 g/mol. The topological polar surface area (TPSA) is 56.8 Å². The molecule has 1 heterocycles. The summed E-state index contributed by atoms with van der Waals surface area (Å²) in [6.45, 7) is 1.70. The zero-order valence-corrected chi connectivity index (χ0v) is 16.3. The second kappa shape index (κ2) is 7.70. The van der Waals surface area contributed by atoms with Crippen molar-refractivity contribution in [2.45, 2.75) is 19.6 Å². The van der Waals surface area contributed by atoms with Crippen LogP contribution in [0.4, 0.5) is 27.6 Å². The highest BCUT2D eigenvalue weighted by atomic mass is 19.4. The number of anilines is 1. The number of nitrogens with one attached hydrogen (secondary N) is 1. The fourth-order valence-corrected chi connectivity index (χ4v) is 3.31. The third kappa shape index (κ3) is 4.58. The van der Waals surface area contributed by atoms with Crippen molar-refractivity contribution in [2.75, 3.05) is 5.32 Å². The van der Waals surface area contributed by atoms with Crippen LogP contribution in [0.2, 0.25) is 0 Å². The second-order valence-electron chi connectivity index (χ2n) is 6.86. The number of amides is 1. The Bertz CT molecular complexity index is 1190. The molecule has 5 nitrogen and oxygen atoms in total. The number of hydrogen-bond donors (Lipinski definition) is 1. The van der Waals surface area contributed by atoms with E-state index in [4.69, 9.17) is 0 Å². The number of hydrogen-bond acceptors (Lipinski definition) is 4. The summed E-state index contributed by atoms with van der Waals surface area (Å²) in [7, 11) is 0. The van der Waals surface area contributed by atoms with E-state index >= 15 is 0 Å². The Labute approximate surface area is 178 Å². The molecule has 0 fully saturated rings. The van der Waals surface area contributed by atoms with Gasteiger partial charge in [0.25, 0.3) is 5.91 Å². The van der Waals surface area contributed by atoms with Crippen LogP contribution in [0, 0.1) is 6.92 Å². The molecule has 1 aliphatic heterocycles. The van der Waals surface area contributed by atoms with Crippen LogP contribution in [0.1, 0.15) is 15.9 Å². The Balaban J connectivity index is 1.64. The number of rotatable bonds is 4. The molecule has 0 saturated heterocycles. The van der Waals surface area contributed by atoms with Crippen LogP contribution in [-0.4, -0.2) is 18.6 Å². The number of fused-ring (bicyclic) bond motifs is 1. The summed E-state index contributed by atoms with van der Waals surface area (Å²) in [4.78, 5) is 13.0. The molecule has 10 heteroatoms. The normalized spacial score (nSPS) is 14.2. The zero-order valence-electron chi connectivity index (χ0n) is 16.3. The highest BCUT2D eigenvalue weighted by Gasteiger charge is 2.43. The molecule has 0 bridgehead atoms. The largest absolute Gasteiger partial charge is 0.586 e. The number of alkyl halides is 5.